The second-order valence-electron chi connectivity index (χ2n) is 12.5. The highest BCUT2D eigenvalue weighted by Crippen LogP contribution is 2.38. The molecule has 0 unspecified atom stereocenters. The van der Waals surface area contributed by atoms with Gasteiger partial charge in [0.25, 0.3) is 0 Å². The molecule has 0 amide bonds. The molecule has 0 N–H and O–H groups in total. The lowest BCUT2D eigenvalue weighted by atomic mass is 10.1. The van der Waals surface area contributed by atoms with Gasteiger partial charge in [0, 0.05) is 82.0 Å². The Morgan fingerprint density at radius 1 is 0.396 bits per heavy atom. The van der Waals surface area contributed by atoms with E-state index in [1.54, 1.807) is 30.9 Å². The molecule has 0 aliphatic carbocycles. The number of pyridine rings is 4. The Morgan fingerprint density at radius 2 is 0.887 bits per heavy atom. The van der Waals surface area contributed by atoms with Crippen molar-refractivity contribution in [1.29, 1.82) is 0 Å². The van der Waals surface area contributed by atoms with Crippen molar-refractivity contribution in [1.82, 2.24) is 34.5 Å². The molecule has 0 aliphatic heterocycles. The summed E-state index contributed by atoms with van der Waals surface area (Å²) in [5, 5.41) is 4.06. The summed E-state index contributed by atoms with van der Waals surface area (Å²) in [7, 11) is 0. The molecule has 250 valence electrons. The second-order valence-corrected chi connectivity index (χ2v) is 12.5. The fraction of sp³-hybridized carbons (Fsp3) is 0. The highest BCUT2D eigenvalue weighted by atomic mass is 16.5. The maximum absolute atomic E-state index is 6.47. The van der Waals surface area contributed by atoms with Gasteiger partial charge in [-0.3, -0.25) is 24.5 Å². The normalized spacial score (nSPS) is 11.4. The van der Waals surface area contributed by atoms with Crippen LogP contribution in [-0.4, -0.2) is 34.5 Å². The van der Waals surface area contributed by atoms with Crippen LogP contribution >= 0.6 is 0 Å². The fourth-order valence-corrected chi connectivity index (χ4v) is 6.68. The van der Waals surface area contributed by atoms with E-state index in [2.05, 4.69) is 42.0 Å². The van der Waals surface area contributed by atoms with Crippen molar-refractivity contribution in [2.45, 2.75) is 0 Å². The van der Waals surface area contributed by atoms with Crippen LogP contribution in [0.15, 0.2) is 165 Å². The second kappa shape index (κ2) is 12.7. The van der Waals surface area contributed by atoms with Gasteiger partial charge in [-0.25, -0.2) is 9.97 Å². The minimum atomic E-state index is 0.540. The molecule has 9 nitrogen and oxygen atoms in total. The first-order valence-electron chi connectivity index (χ1n) is 17.1. The van der Waals surface area contributed by atoms with Crippen molar-refractivity contribution in [3.8, 4) is 51.5 Å². The zero-order valence-corrected chi connectivity index (χ0v) is 28.0. The topological polar surface area (TPSA) is 101 Å². The molecule has 0 radical (unpaired) electrons. The number of ether oxygens (including phenoxy) is 2. The number of rotatable bonds is 7. The number of fused-ring (bicyclic) bond motifs is 5. The molecule has 0 fully saturated rings. The average molecular weight is 686 g/mol. The first kappa shape index (κ1) is 30.3. The maximum Gasteiger partial charge on any atom is 0.234 e. The zero-order chi connectivity index (χ0) is 35.1. The summed E-state index contributed by atoms with van der Waals surface area (Å²) < 4.78 is 15.0. The van der Waals surface area contributed by atoms with E-state index in [0.29, 0.717) is 28.9 Å². The molecule has 0 saturated heterocycles. The van der Waals surface area contributed by atoms with E-state index in [0.717, 1.165) is 66.1 Å². The molecule has 4 aromatic carbocycles. The highest BCUT2D eigenvalue weighted by molar-refractivity contribution is 6.09. The monoisotopic (exact) mass is 685 g/mol. The summed E-state index contributed by atoms with van der Waals surface area (Å²) in [4.78, 5) is 27.6. The predicted molar refractivity (Wildman–Crippen MR) is 206 cm³/mol. The Morgan fingerprint density at radius 3 is 1.42 bits per heavy atom. The largest absolute Gasteiger partial charge is 0.457 e. The van der Waals surface area contributed by atoms with Crippen LogP contribution in [0.1, 0.15) is 0 Å². The van der Waals surface area contributed by atoms with Crippen LogP contribution in [0.3, 0.4) is 0 Å². The van der Waals surface area contributed by atoms with Gasteiger partial charge in [-0.1, -0.05) is 24.3 Å². The van der Waals surface area contributed by atoms with Gasteiger partial charge in [0.2, 0.25) is 5.95 Å². The fourth-order valence-electron chi connectivity index (χ4n) is 6.68. The molecule has 0 atom stereocenters. The molecule has 6 heterocycles. The molecule has 53 heavy (non-hydrogen) atoms. The third-order valence-electron chi connectivity index (χ3n) is 9.17. The van der Waals surface area contributed by atoms with Crippen LogP contribution in [0.5, 0.6) is 23.0 Å². The Bertz CT molecular complexity index is 2800. The van der Waals surface area contributed by atoms with Crippen molar-refractivity contribution < 1.29 is 9.47 Å². The van der Waals surface area contributed by atoms with Crippen LogP contribution in [-0.2, 0) is 0 Å². The van der Waals surface area contributed by atoms with E-state index in [4.69, 9.17) is 9.47 Å². The van der Waals surface area contributed by atoms with Crippen LogP contribution < -0.4 is 9.47 Å². The summed E-state index contributed by atoms with van der Waals surface area (Å²) in [5.74, 6) is 3.27. The van der Waals surface area contributed by atoms with Gasteiger partial charge in [-0.15, -0.1) is 0 Å². The van der Waals surface area contributed by atoms with Crippen molar-refractivity contribution >= 4 is 43.6 Å². The number of aromatic nitrogens is 7. The number of hydrogen-bond donors (Lipinski definition) is 0. The molecular formula is C44H27N7O2. The molecule has 6 aromatic heterocycles. The lowest BCUT2D eigenvalue weighted by Crippen LogP contribution is -2.00. The van der Waals surface area contributed by atoms with Gasteiger partial charge in [-0.2, -0.15) is 0 Å². The molecule has 9 heteroatoms. The smallest absolute Gasteiger partial charge is 0.234 e. The van der Waals surface area contributed by atoms with Crippen molar-refractivity contribution in [2.24, 2.45) is 0 Å². The molecular weight excluding hydrogens is 659 g/mol. The quantitative estimate of drug-likeness (QED) is 0.163. The van der Waals surface area contributed by atoms with Gasteiger partial charge in [0.05, 0.1) is 33.5 Å². The van der Waals surface area contributed by atoms with E-state index in [-0.39, 0.29) is 0 Å². The van der Waals surface area contributed by atoms with E-state index in [1.807, 2.05) is 126 Å². The molecule has 0 spiro atoms. The van der Waals surface area contributed by atoms with Crippen LogP contribution in [0, 0.1) is 0 Å². The SMILES string of the molecule is c1cnc(-n2c3cc(Oc4cccc(-c5cc6ncccc6cn5)c4)ccc3c3ccc(Oc4cccc(-c5cc6ncccc6cn5)c4)cc32)nc1. The molecule has 0 aliphatic rings. The lowest BCUT2D eigenvalue weighted by Gasteiger charge is -2.10. The summed E-state index contributed by atoms with van der Waals surface area (Å²) >= 11 is 0. The minimum Gasteiger partial charge on any atom is -0.457 e. The highest BCUT2D eigenvalue weighted by Gasteiger charge is 2.17. The van der Waals surface area contributed by atoms with Crippen LogP contribution in [0.25, 0.3) is 72.1 Å². The Balaban J connectivity index is 1.00. The summed E-state index contributed by atoms with van der Waals surface area (Å²) in [5.41, 5.74) is 7.11. The Labute approximate surface area is 302 Å². The van der Waals surface area contributed by atoms with Gasteiger partial charge in [0.1, 0.15) is 23.0 Å². The van der Waals surface area contributed by atoms with Crippen LogP contribution in [0.4, 0.5) is 0 Å². The van der Waals surface area contributed by atoms with E-state index < -0.39 is 0 Å². The predicted octanol–water partition coefficient (Wildman–Crippen LogP) is 10.4. The summed E-state index contributed by atoms with van der Waals surface area (Å²) in [6, 6.07) is 41.6. The van der Waals surface area contributed by atoms with Gasteiger partial charge in [0.15, 0.2) is 0 Å². The third kappa shape index (κ3) is 5.72. The van der Waals surface area contributed by atoms with Crippen molar-refractivity contribution in [3.05, 3.63) is 165 Å². The first-order valence-corrected chi connectivity index (χ1v) is 17.1. The van der Waals surface area contributed by atoms with Gasteiger partial charge < -0.3 is 9.47 Å². The standard InChI is InChI=1S/C44H27N7O2/c1-6-28(38-24-40-30(26-49-38)8-3-16-45-40)20-32(10-1)52-34-12-14-36-37-15-13-35(23-43(37)51(42(36)22-34)44-47-18-5-19-48-44)53-33-11-2-7-29(21-33)39-25-41-31(27-50-39)9-4-17-46-41/h1-27H. The molecule has 10 aromatic rings. The molecule has 0 bridgehead atoms. The number of hydrogen-bond acceptors (Lipinski definition) is 8. The summed E-state index contributed by atoms with van der Waals surface area (Å²) in [6.45, 7) is 0. The third-order valence-corrected chi connectivity index (χ3v) is 9.17. The first-order chi connectivity index (χ1) is 26.2. The molecule has 10 rings (SSSR count). The lowest BCUT2D eigenvalue weighted by molar-refractivity contribution is 0.483. The van der Waals surface area contributed by atoms with Crippen molar-refractivity contribution in [3.63, 3.8) is 0 Å². The Kier molecular flexibility index (Phi) is 7.25. The number of nitrogens with zero attached hydrogens (tertiary/aromatic N) is 7. The maximum atomic E-state index is 6.47. The van der Waals surface area contributed by atoms with Gasteiger partial charge in [-0.05, 0) is 91.0 Å². The van der Waals surface area contributed by atoms with Crippen LogP contribution in [0.2, 0.25) is 0 Å². The number of benzene rings is 4. The minimum absolute atomic E-state index is 0.540. The van der Waals surface area contributed by atoms with E-state index >= 15 is 0 Å². The average Bonchev–Trinajstić information content (AvgIpc) is 3.53. The van der Waals surface area contributed by atoms with E-state index in [1.165, 1.54) is 0 Å². The Hall–Kier alpha value is -7.52. The van der Waals surface area contributed by atoms with Gasteiger partial charge >= 0.3 is 0 Å². The summed E-state index contributed by atoms with van der Waals surface area (Å²) in [6.07, 6.45) is 10.8. The zero-order valence-electron chi connectivity index (χ0n) is 28.0. The molecule has 0 saturated carbocycles. The van der Waals surface area contributed by atoms with E-state index in [9.17, 15) is 0 Å². The van der Waals surface area contributed by atoms with Crippen molar-refractivity contribution in [2.75, 3.05) is 0 Å².